The summed E-state index contributed by atoms with van der Waals surface area (Å²) in [6, 6.07) is 8.70. The molecular formula is C16H19N3OS. The molecule has 0 unspecified atom stereocenters. The molecule has 0 radical (unpaired) electrons. The Balaban J connectivity index is 1.63. The van der Waals surface area contributed by atoms with Crippen LogP contribution in [0, 0.1) is 12.8 Å². The number of piperidine rings is 1. The van der Waals surface area contributed by atoms with E-state index in [2.05, 4.69) is 40.8 Å². The van der Waals surface area contributed by atoms with Crippen molar-refractivity contribution in [3.8, 4) is 0 Å². The van der Waals surface area contributed by atoms with E-state index >= 15 is 0 Å². The van der Waals surface area contributed by atoms with Crippen molar-refractivity contribution in [1.29, 1.82) is 0 Å². The molecule has 110 valence electrons. The van der Waals surface area contributed by atoms with Gasteiger partial charge in [-0.1, -0.05) is 34.3 Å². The maximum Gasteiger partial charge on any atom is 0.275 e. The molecule has 1 aliphatic rings. The Morgan fingerprint density at radius 2 is 2.19 bits per heavy atom. The number of benzene rings is 1. The summed E-state index contributed by atoms with van der Waals surface area (Å²) in [5.41, 5.74) is 3.13. The zero-order chi connectivity index (χ0) is 14.7. The molecule has 1 aliphatic heterocycles. The lowest BCUT2D eigenvalue weighted by molar-refractivity contribution is 0.0667. The van der Waals surface area contributed by atoms with E-state index < -0.39 is 0 Å². The molecule has 0 spiro atoms. The molecule has 2 aromatic rings. The van der Waals surface area contributed by atoms with Crippen molar-refractivity contribution in [2.75, 3.05) is 13.1 Å². The Bertz CT molecular complexity index is 594. The van der Waals surface area contributed by atoms with Crippen molar-refractivity contribution in [2.45, 2.75) is 26.2 Å². The predicted molar refractivity (Wildman–Crippen MR) is 83.4 cm³/mol. The van der Waals surface area contributed by atoms with Gasteiger partial charge in [0.15, 0.2) is 5.69 Å². The lowest BCUT2D eigenvalue weighted by atomic mass is 9.91. The molecule has 1 saturated heterocycles. The molecule has 0 bridgehead atoms. The van der Waals surface area contributed by atoms with E-state index in [0.29, 0.717) is 11.6 Å². The van der Waals surface area contributed by atoms with Crippen LogP contribution in [0.3, 0.4) is 0 Å². The van der Waals surface area contributed by atoms with Gasteiger partial charge in [0.25, 0.3) is 5.91 Å². The molecule has 3 rings (SSSR count). The fraction of sp³-hybridized carbons (Fsp3) is 0.438. The predicted octanol–water partition coefficient (Wildman–Crippen LogP) is 2.94. The Morgan fingerprint density at radius 3 is 2.90 bits per heavy atom. The van der Waals surface area contributed by atoms with E-state index in [1.807, 2.05) is 4.90 Å². The van der Waals surface area contributed by atoms with Crippen LogP contribution in [0.5, 0.6) is 0 Å². The van der Waals surface area contributed by atoms with Gasteiger partial charge in [-0.25, -0.2) is 0 Å². The number of amides is 1. The van der Waals surface area contributed by atoms with Crippen molar-refractivity contribution in [2.24, 2.45) is 5.92 Å². The number of aromatic nitrogens is 2. The van der Waals surface area contributed by atoms with Crippen LogP contribution in [0.2, 0.25) is 0 Å². The number of carbonyl (C=O) groups is 1. The van der Waals surface area contributed by atoms with Crippen LogP contribution in [0.25, 0.3) is 0 Å². The molecule has 1 aromatic carbocycles. The molecule has 0 aliphatic carbocycles. The minimum atomic E-state index is 0.0253. The molecule has 0 saturated carbocycles. The van der Waals surface area contributed by atoms with E-state index in [0.717, 1.165) is 25.9 Å². The Labute approximate surface area is 129 Å². The first kappa shape index (κ1) is 14.2. The van der Waals surface area contributed by atoms with Crippen molar-refractivity contribution >= 4 is 17.4 Å². The van der Waals surface area contributed by atoms with E-state index in [1.54, 1.807) is 5.38 Å². The summed E-state index contributed by atoms with van der Waals surface area (Å²) >= 11 is 1.23. The average molecular weight is 301 g/mol. The third-order valence-electron chi connectivity index (χ3n) is 4.03. The highest BCUT2D eigenvalue weighted by Crippen LogP contribution is 2.22. The third kappa shape index (κ3) is 3.47. The highest BCUT2D eigenvalue weighted by atomic mass is 32.1. The average Bonchev–Trinajstić information content (AvgIpc) is 3.03. The summed E-state index contributed by atoms with van der Waals surface area (Å²) in [6.07, 6.45) is 3.30. The normalized spacial score (nSPS) is 18.7. The molecule has 1 aromatic heterocycles. The molecule has 21 heavy (non-hydrogen) atoms. The highest BCUT2D eigenvalue weighted by molar-refractivity contribution is 7.03. The van der Waals surface area contributed by atoms with Crippen molar-refractivity contribution in [3.63, 3.8) is 0 Å². The monoisotopic (exact) mass is 301 g/mol. The maximum absolute atomic E-state index is 12.3. The van der Waals surface area contributed by atoms with Crippen LogP contribution in [0.1, 0.15) is 34.5 Å². The van der Waals surface area contributed by atoms with Crippen molar-refractivity contribution in [1.82, 2.24) is 14.5 Å². The van der Waals surface area contributed by atoms with Gasteiger partial charge in [-0.3, -0.25) is 4.79 Å². The van der Waals surface area contributed by atoms with Crippen LogP contribution < -0.4 is 0 Å². The zero-order valence-electron chi connectivity index (χ0n) is 12.2. The van der Waals surface area contributed by atoms with E-state index in [-0.39, 0.29) is 5.91 Å². The minimum Gasteiger partial charge on any atom is -0.337 e. The topological polar surface area (TPSA) is 46.1 Å². The van der Waals surface area contributed by atoms with Gasteiger partial charge < -0.3 is 4.90 Å². The van der Waals surface area contributed by atoms with Gasteiger partial charge in [-0.05, 0) is 49.2 Å². The fourth-order valence-corrected chi connectivity index (χ4v) is 3.32. The van der Waals surface area contributed by atoms with Crippen molar-refractivity contribution < 1.29 is 4.79 Å². The zero-order valence-corrected chi connectivity index (χ0v) is 13.0. The number of rotatable bonds is 3. The minimum absolute atomic E-state index is 0.0253. The van der Waals surface area contributed by atoms with Crippen LogP contribution >= 0.6 is 11.5 Å². The van der Waals surface area contributed by atoms with E-state index in [9.17, 15) is 4.79 Å². The van der Waals surface area contributed by atoms with Gasteiger partial charge in [-0.2, -0.15) is 0 Å². The highest BCUT2D eigenvalue weighted by Gasteiger charge is 2.25. The molecule has 2 heterocycles. The second kappa shape index (κ2) is 6.35. The number of likely N-dealkylation sites (tertiary alicyclic amines) is 1. The van der Waals surface area contributed by atoms with E-state index in [4.69, 9.17) is 0 Å². The Kier molecular flexibility index (Phi) is 4.29. The number of aryl methyl sites for hydroxylation is 1. The first-order chi connectivity index (χ1) is 10.2. The quantitative estimate of drug-likeness (QED) is 0.875. The van der Waals surface area contributed by atoms with Gasteiger partial charge >= 0.3 is 0 Å². The van der Waals surface area contributed by atoms with Gasteiger partial charge in [0, 0.05) is 18.5 Å². The van der Waals surface area contributed by atoms with Crippen LogP contribution in [0.15, 0.2) is 29.6 Å². The first-order valence-electron chi connectivity index (χ1n) is 7.34. The van der Waals surface area contributed by atoms with Crippen LogP contribution in [-0.2, 0) is 6.42 Å². The molecular weight excluding hydrogens is 282 g/mol. The molecule has 0 N–H and O–H groups in total. The maximum atomic E-state index is 12.3. The molecule has 4 nitrogen and oxygen atoms in total. The Morgan fingerprint density at radius 1 is 1.38 bits per heavy atom. The lowest BCUT2D eigenvalue weighted by Gasteiger charge is -2.32. The second-order valence-electron chi connectivity index (χ2n) is 5.74. The third-order valence-corrected chi connectivity index (χ3v) is 4.53. The van der Waals surface area contributed by atoms with Gasteiger partial charge in [-0.15, -0.1) is 5.10 Å². The summed E-state index contributed by atoms with van der Waals surface area (Å²) in [5, 5.41) is 5.62. The summed E-state index contributed by atoms with van der Waals surface area (Å²) in [7, 11) is 0. The fourth-order valence-electron chi connectivity index (χ4n) is 2.89. The lowest BCUT2D eigenvalue weighted by Crippen LogP contribution is -2.40. The Hall–Kier alpha value is -1.75. The molecule has 5 heteroatoms. The summed E-state index contributed by atoms with van der Waals surface area (Å²) < 4.78 is 3.78. The number of nitrogens with zero attached hydrogens (tertiary/aromatic N) is 3. The first-order valence-corrected chi connectivity index (χ1v) is 8.18. The number of hydrogen-bond acceptors (Lipinski definition) is 4. The summed E-state index contributed by atoms with van der Waals surface area (Å²) in [4.78, 5) is 14.3. The molecule has 1 amide bonds. The number of hydrogen-bond donors (Lipinski definition) is 0. The standard InChI is InChI=1S/C16H19N3OS/c1-12-4-6-13(7-5-12)9-14-3-2-8-19(10-14)16(20)15-11-21-18-17-15/h4-7,11,14H,2-3,8-10H2,1H3/t14-/m0/s1. The van der Waals surface area contributed by atoms with Crippen molar-refractivity contribution in [3.05, 3.63) is 46.5 Å². The van der Waals surface area contributed by atoms with Crippen LogP contribution in [-0.4, -0.2) is 33.5 Å². The molecule has 1 fully saturated rings. The number of carbonyl (C=O) groups excluding carboxylic acids is 1. The summed E-state index contributed by atoms with van der Waals surface area (Å²) in [5.74, 6) is 0.564. The second-order valence-corrected chi connectivity index (χ2v) is 6.35. The van der Waals surface area contributed by atoms with E-state index in [1.165, 1.54) is 29.1 Å². The molecule has 1 atom stereocenters. The van der Waals surface area contributed by atoms with Gasteiger partial charge in [0.2, 0.25) is 0 Å². The summed E-state index contributed by atoms with van der Waals surface area (Å²) in [6.45, 7) is 3.76. The van der Waals surface area contributed by atoms with Gasteiger partial charge in [0.05, 0.1) is 0 Å². The smallest absolute Gasteiger partial charge is 0.275 e. The SMILES string of the molecule is Cc1ccc(C[C@@H]2CCCN(C(=O)c3csnn3)C2)cc1. The largest absolute Gasteiger partial charge is 0.337 e. The van der Waals surface area contributed by atoms with Gasteiger partial charge in [0.1, 0.15) is 0 Å². The van der Waals surface area contributed by atoms with Crippen LogP contribution in [0.4, 0.5) is 0 Å².